The molecule has 0 aliphatic heterocycles. The minimum absolute atomic E-state index is 0.00700. The van der Waals surface area contributed by atoms with Gasteiger partial charge in [-0.3, -0.25) is 9.59 Å². The Morgan fingerprint density at radius 1 is 0.914 bits per heavy atom. The minimum Gasteiger partial charge on any atom is -0.481 e. The first-order valence-electron chi connectivity index (χ1n) is 12.3. The zero-order valence-corrected chi connectivity index (χ0v) is 19.5. The average molecular weight is 475 g/mol. The second-order valence-electron chi connectivity index (χ2n) is 9.78. The molecule has 3 N–H and O–H groups in total. The molecule has 0 aromatic heterocycles. The van der Waals surface area contributed by atoms with Crippen molar-refractivity contribution in [1.82, 2.24) is 10.6 Å². The number of alkyl carbamates (subject to hydrolysis) is 1. The lowest BCUT2D eigenvalue weighted by atomic mass is 9.98. The molecule has 1 unspecified atom stereocenters. The number of carbonyl (C=O) groups excluding carboxylic acids is 2. The fourth-order valence-electron chi connectivity index (χ4n) is 5.74. The largest absolute Gasteiger partial charge is 0.481 e. The monoisotopic (exact) mass is 474 g/mol. The zero-order chi connectivity index (χ0) is 24.4. The zero-order valence-electron chi connectivity index (χ0n) is 19.5. The van der Waals surface area contributed by atoms with Crippen LogP contribution >= 0.6 is 0 Å². The fraction of sp³-hybridized carbons (Fsp3) is 0.393. The summed E-state index contributed by atoms with van der Waals surface area (Å²) in [7, 11) is 0. The molecule has 3 atom stereocenters. The summed E-state index contributed by atoms with van der Waals surface area (Å²) in [6, 6.07) is 16.3. The molecule has 0 spiro atoms. The molecule has 2 aromatic carbocycles. The third-order valence-corrected chi connectivity index (χ3v) is 7.41. The van der Waals surface area contributed by atoms with Gasteiger partial charge < -0.3 is 20.5 Å². The summed E-state index contributed by atoms with van der Waals surface area (Å²) in [6.45, 7) is 0.256. The van der Waals surface area contributed by atoms with Crippen LogP contribution in [-0.4, -0.2) is 41.8 Å². The van der Waals surface area contributed by atoms with Gasteiger partial charge in [0.1, 0.15) is 6.61 Å². The maximum absolute atomic E-state index is 12.7. The molecule has 0 radical (unpaired) electrons. The van der Waals surface area contributed by atoms with E-state index in [1.54, 1.807) is 0 Å². The van der Waals surface area contributed by atoms with E-state index in [9.17, 15) is 14.4 Å². The summed E-state index contributed by atoms with van der Waals surface area (Å²) in [5.74, 6) is -0.781. The Bertz CT molecular complexity index is 1130. The number of rotatable bonds is 7. The van der Waals surface area contributed by atoms with Crippen molar-refractivity contribution in [2.75, 3.05) is 6.61 Å². The Kier molecular flexibility index (Phi) is 6.57. The normalized spacial score (nSPS) is 22.7. The van der Waals surface area contributed by atoms with Crippen LogP contribution in [0, 0.1) is 5.92 Å². The van der Waals surface area contributed by atoms with Gasteiger partial charge in [0.15, 0.2) is 0 Å². The molecule has 0 bridgehead atoms. The summed E-state index contributed by atoms with van der Waals surface area (Å²) < 4.78 is 5.63. The van der Waals surface area contributed by atoms with Crippen LogP contribution in [0.25, 0.3) is 11.1 Å². The number of aliphatic carboxylic acids is 1. The van der Waals surface area contributed by atoms with Gasteiger partial charge in [-0.05, 0) is 60.3 Å². The van der Waals surface area contributed by atoms with Crippen molar-refractivity contribution in [3.63, 3.8) is 0 Å². The van der Waals surface area contributed by atoms with Gasteiger partial charge in [0.2, 0.25) is 5.91 Å². The van der Waals surface area contributed by atoms with E-state index in [1.165, 1.54) is 22.3 Å². The highest BCUT2D eigenvalue weighted by atomic mass is 16.5. The van der Waals surface area contributed by atoms with Crippen molar-refractivity contribution in [2.45, 2.75) is 56.5 Å². The van der Waals surface area contributed by atoms with Crippen LogP contribution < -0.4 is 10.6 Å². The molecule has 3 aliphatic carbocycles. The van der Waals surface area contributed by atoms with E-state index in [2.05, 4.69) is 34.9 Å². The molecular weight excluding hydrogens is 444 g/mol. The number of nitrogens with one attached hydrogen (secondary N) is 2. The van der Waals surface area contributed by atoms with Crippen LogP contribution in [0.5, 0.6) is 0 Å². The van der Waals surface area contributed by atoms with E-state index in [1.807, 2.05) is 30.3 Å². The van der Waals surface area contributed by atoms with E-state index in [4.69, 9.17) is 9.84 Å². The molecular formula is C28H30N2O5. The van der Waals surface area contributed by atoms with E-state index in [0.29, 0.717) is 24.8 Å². The van der Waals surface area contributed by atoms with Gasteiger partial charge >= 0.3 is 12.1 Å². The molecule has 0 heterocycles. The second-order valence-corrected chi connectivity index (χ2v) is 9.78. The van der Waals surface area contributed by atoms with Gasteiger partial charge in [0.25, 0.3) is 0 Å². The predicted molar refractivity (Wildman–Crippen MR) is 131 cm³/mol. The van der Waals surface area contributed by atoms with Crippen molar-refractivity contribution >= 4 is 18.0 Å². The molecule has 3 aliphatic rings. The summed E-state index contributed by atoms with van der Waals surface area (Å²) in [5, 5.41) is 14.9. The standard InChI is InChI=1S/C28H30N2O5/c31-26(32)14-17-9-11-19(13-17)29-27(33)18-10-12-20(15-18)30-28(34)35-16-25-23-7-3-1-5-21(23)22-6-2-4-8-24(22)25/h1-8,10,17,19-20,25H,9,11-16H2,(H,29,33)(H,30,34)(H,31,32)/t17-,19+,20?/m1/s1. The molecule has 2 amide bonds. The van der Waals surface area contributed by atoms with Crippen molar-refractivity contribution in [1.29, 1.82) is 0 Å². The lowest BCUT2D eigenvalue weighted by Crippen LogP contribution is -2.37. The Hall–Kier alpha value is -3.61. The summed E-state index contributed by atoms with van der Waals surface area (Å²) in [5.41, 5.74) is 5.37. The number of benzene rings is 2. The van der Waals surface area contributed by atoms with E-state index in [0.717, 1.165) is 12.8 Å². The first-order valence-corrected chi connectivity index (χ1v) is 12.3. The molecule has 7 heteroatoms. The number of carboxylic acid groups (broad SMARTS) is 1. The smallest absolute Gasteiger partial charge is 0.407 e. The van der Waals surface area contributed by atoms with E-state index in [-0.39, 0.29) is 42.9 Å². The molecule has 1 fully saturated rings. The minimum atomic E-state index is -0.789. The van der Waals surface area contributed by atoms with Crippen molar-refractivity contribution < 1.29 is 24.2 Å². The SMILES string of the molecule is O=C(O)C[C@@H]1CC[C@H](NC(=O)C2=CCC(NC(=O)OCC3c4ccccc4-c4ccccc43)C2)C1. The quantitative estimate of drug-likeness (QED) is 0.553. The highest BCUT2D eigenvalue weighted by molar-refractivity contribution is 5.94. The van der Waals surface area contributed by atoms with Crippen LogP contribution in [0.2, 0.25) is 0 Å². The van der Waals surface area contributed by atoms with Gasteiger partial charge in [-0.15, -0.1) is 0 Å². The Morgan fingerprint density at radius 3 is 2.29 bits per heavy atom. The first-order chi connectivity index (χ1) is 17.0. The fourth-order valence-corrected chi connectivity index (χ4v) is 5.74. The molecule has 7 nitrogen and oxygen atoms in total. The average Bonchev–Trinajstić information content (AvgIpc) is 3.55. The van der Waals surface area contributed by atoms with Crippen LogP contribution in [0.15, 0.2) is 60.2 Å². The lowest BCUT2D eigenvalue weighted by Gasteiger charge is -2.17. The lowest BCUT2D eigenvalue weighted by molar-refractivity contribution is -0.138. The highest BCUT2D eigenvalue weighted by Crippen LogP contribution is 2.44. The number of hydrogen-bond acceptors (Lipinski definition) is 4. The van der Waals surface area contributed by atoms with E-state index >= 15 is 0 Å². The maximum atomic E-state index is 12.7. The molecule has 5 rings (SSSR count). The van der Waals surface area contributed by atoms with E-state index < -0.39 is 12.1 Å². The number of hydrogen-bond donors (Lipinski definition) is 3. The topological polar surface area (TPSA) is 105 Å². The molecule has 182 valence electrons. The van der Waals surface area contributed by atoms with Crippen molar-refractivity contribution in [2.24, 2.45) is 5.92 Å². The van der Waals surface area contributed by atoms with Gasteiger partial charge in [0, 0.05) is 30.0 Å². The van der Waals surface area contributed by atoms with Crippen LogP contribution in [0.1, 0.15) is 55.6 Å². The summed E-state index contributed by atoms with van der Waals surface area (Å²) in [6.07, 6.45) is 4.92. The van der Waals surface area contributed by atoms with Crippen molar-refractivity contribution in [3.05, 3.63) is 71.3 Å². The molecule has 1 saturated carbocycles. The number of ether oxygens (including phenoxy) is 1. The van der Waals surface area contributed by atoms with Crippen LogP contribution in [0.4, 0.5) is 4.79 Å². The third kappa shape index (κ3) is 5.09. The number of carbonyl (C=O) groups is 3. The summed E-state index contributed by atoms with van der Waals surface area (Å²) in [4.78, 5) is 36.1. The number of carboxylic acids is 1. The van der Waals surface area contributed by atoms with Gasteiger partial charge in [-0.25, -0.2) is 4.79 Å². The van der Waals surface area contributed by atoms with Crippen LogP contribution in [0.3, 0.4) is 0 Å². The van der Waals surface area contributed by atoms with Gasteiger partial charge in [-0.2, -0.15) is 0 Å². The van der Waals surface area contributed by atoms with Gasteiger partial charge in [-0.1, -0.05) is 54.6 Å². The second kappa shape index (κ2) is 9.94. The Labute approximate surface area is 204 Å². The Balaban J connectivity index is 1.09. The first kappa shape index (κ1) is 23.1. The number of fused-ring (bicyclic) bond motifs is 3. The van der Waals surface area contributed by atoms with Gasteiger partial charge in [0.05, 0.1) is 0 Å². The molecule has 2 aromatic rings. The number of amides is 2. The van der Waals surface area contributed by atoms with Crippen molar-refractivity contribution in [3.8, 4) is 11.1 Å². The third-order valence-electron chi connectivity index (χ3n) is 7.41. The summed E-state index contributed by atoms with van der Waals surface area (Å²) >= 11 is 0. The molecule has 0 saturated heterocycles. The Morgan fingerprint density at radius 2 is 1.60 bits per heavy atom. The maximum Gasteiger partial charge on any atom is 0.407 e. The predicted octanol–water partition coefficient (Wildman–Crippen LogP) is 4.37. The molecule has 35 heavy (non-hydrogen) atoms. The van der Waals surface area contributed by atoms with Crippen LogP contribution in [-0.2, 0) is 14.3 Å². The highest BCUT2D eigenvalue weighted by Gasteiger charge is 2.31.